The van der Waals surface area contributed by atoms with Gasteiger partial charge in [-0.15, -0.1) is 0 Å². The molecule has 0 rings (SSSR count). The van der Waals surface area contributed by atoms with Gasteiger partial charge in [0, 0.05) is 0 Å². The van der Waals surface area contributed by atoms with Crippen LogP contribution in [0.15, 0.2) is 0 Å². The summed E-state index contributed by atoms with van der Waals surface area (Å²) in [5, 5.41) is 0. The minimum absolute atomic E-state index is 0.748. The molecule has 0 unspecified atom stereocenters. The number of hydrogen-bond donors (Lipinski definition) is 0. The topological polar surface area (TPSA) is 12.2 Å². The summed E-state index contributed by atoms with van der Waals surface area (Å²) in [5.41, 5.74) is 0. The van der Waals surface area contributed by atoms with Gasteiger partial charge in [0.05, 0.1) is 6.61 Å². The van der Waals surface area contributed by atoms with Gasteiger partial charge in [0.25, 0.3) is 0 Å². The Morgan fingerprint density at radius 1 is 1.57 bits per heavy atom. The maximum atomic E-state index is 4.90. The third-order valence-corrected chi connectivity index (χ3v) is 0.452. The van der Waals surface area contributed by atoms with Crippen LogP contribution in [0.1, 0.15) is 6.92 Å². The first kappa shape index (κ1) is 6.47. The molecule has 0 spiro atoms. The summed E-state index contributed by atoms with van der Waals surface area (Å²) in [6.45, 7) is 2.71. The molecular weight excluding hydrogens is 90.1 g/mol. The second kappa shape index (κ2) is 3.65. The van der Waals surface area contributed by atoms with Crippen molar-refractivity contribution in [3.8, 4) is 0 Å². The van der Waals surface area contributed by atoms with Crippen LogP contribution < -0.4 is 0 Å². The van der Waals surface area contributed by atoms with Crippen molar-refractivity contribution in [1.29, 1.82) is 0 Å². The molecule has 0 fully saturated rings. The fourth-order valence-corrected chi connectivity index (χ4v) is 0.224. The predicted molar refractivity (Wildman–Crippen MR) is 29.8 cm³/mol. The molecule has 0 aliphatic carbocycles. The molecule has 2 heteroatoms. The first-order valence-corrected chi connectivity index (χ1v) is 2.38. The molecule has 0 aromatic carbocycles. The van der Waals surface area contributed by atoms with Crippen LogP contribution in [-0.4, -0.2) is 31.7 Å². The second-order valence-corrected chi connectivity index (χ2v) is 1.52. The van der Waals surface area contributed by atoms with Gasteiger partial charge < -0.3 is 4.74 Å². The molecule has 0 aliphatic rings. The molecule has 0 radical (unpaired) electrons. The van der Waals surface area contributed by atoms with E-state index in [1.54, 1.807) is 6.40 Å². The van der Waals surface area contributed by atoms with Crippen molar-refractivity contribution in [2.45, 2.75) is 6.92 Å². The summed E-state index contributed by atoms with van der Waals surface area (Å²) in [6, 6.07) is 0. The molecule has 0 bridgehead atoms. The van der Waals surface area contributed by atoms with E-state index >= 15 is 0 Å². The third kappa shape index (κ3) is 5.47. The van der Waals surface area contributed by atoms with Crippen LogP contribution in [0.5, 0.6) is 0 Å². The molecule has 42 valence electrons. The maximum absolute atomic E-state index is 4.90. The molecule has 0 aromatic rings. The Labute approximate surface area is 44.4 Å². The number of ether oxygens (including phenoxy) is 1. The van der Waals surface area contributed by atoms with Crippen LogP contribution in [0.2, 0.25) is 0 Å². The van der Waals surface area contributed by atoms with Gasteiger partial charge in [0.15, 0.2) is 0 Å². The van der Waals surface area contributed by atoms with E-state index in [2.05, 4.69) is 0 Å². The highest BCUT2D eigenvalue weighted by molar-refractivity contribution is 5.38. The standard InChI is InChI=1S/C5H12NO/c1-4-7-5-6(2)3/h5H,4H2,1-3H3/q+1. The Balaban J connectivity index is 3.08. The summed E-state index contributed by atoms with van der Waals surface area (Å²) in [7, 11) is 3.85. The van der Waals surface area contributed by atoms with Crippen LogP contribution in [0.3, 0.4) is 0 Å². The van der Waals surface area contributed by atoms with E-state index in [1.165, 1.54) is 0 Å². The lowest BCUT2D eigenvalue weighted by atomic mass is 10.9. The van der Waals surface area contributed by atoms with E-state index in [0.29, 0.717) is 0 Å². The van der Waals surface area contributed by atoms with Gasteiger partial charge in [-0.2, -0.15) is 0 Å². The van der Waals surface area contributed by atoms with E-state index in [4.69, 9.17) is 4.74 Å². The second-order valence-electron chi connectivity index (χ2n) is 1.52. The van der Waals surface area contributed by atoms with Gasteiger partial charge in [0.2, 0.25) is 0 Å². The monoisotopic (exact) mass is 102 g/mol. The Bertz CT molecular complexity index is 64.5. The van der Waals surface area contributed by atoms with Crippen molar-refractivity contribution in [3.05, 3.63) is 0 Å². The first-order chi connectivity index (χ1) is 3.27. The fourth-order valence-electron chi connectivity index (χ4n) is 0.224. The van der Waals surface area contributed by atoms with Gasteiger partial charge in [-0.3, -0.25) is 0 Å². The highest BCUT2D eigenvalue weighted by atomic mass is 16.5. The highest BCUT2D eigenvalue weighted by Crippen LogP contribution is 1.61. The van der Waals surface area contributed by atoms with Crippen LogP contribution >= 0.6 is 0 Å². The molecular formula is C5H12NO+. The number of rotatable bonds is 2. The molecule has 0 atom stereocenters. The van der Waals surface area contributed by atoms with Gasteiger partial charge in [0.1, 0.15) is 14.1 Å². The van der Waals surface area contributed by atoms with Crippen LogP contribution in [0, 0.1) is 0 Å². The molecule has 0 aromatic heterocycles. The average Bonchev–Trinajstić information content (AvgIpc) is 1.61. The molecule has 0 amide bonds. The van der Waals surface area contributed by atoms with Gasteiger partial charge in [-0.05, 0) is 6.92 Å². The normalized spacial score (nSPS) is 7.86. The van der Waals surface area contributed by atoms with Crippen LogP contribution in [0.25, 0.3) is 0 Å². The molecule has 7 heavy (non-hydrogen) atoms. The Morgan fingerprint density at radius 3 is 2.29 bits per heavy atom. The van der Waals surface area contributed by atoms with Crippen molar-refractivity contribution < 1.29 is 9.31 Å². The predicted octanol–water partition coefficient (Wildman–Crippen LogP) is 0.323. The van der Waals surface area contributed by atoms with Crippen LogP contribution in [-0.2, 0) is 4.74 Å². The number of nitrogens with zero attached hydrogens (tertiary/aromatic N) is 1. The van der Waals surface area contributed by atoms with Crippen molar-refractivity contribution in [1.82, 2.24) is 0 Å². The Kier molecular flexibility index (Phi) is 3.38. The molecule has 2 nitrogen and oxygen atoms in total. The lowest BCUT2D eigenvalue weighted by Crippen LogP contribution is -2.01. The summed E-state index contributed by atoms with van der Waals surface area (Å²) < 4.78 is 6.76. The molecule has 0 aliphatic heterocycles. The first-order valence-electron chi connectivity index (χ1n) is 2.38. The lowest BCUT2D eigenvalue weighted by Gasteiger charge is -1.86. The quantitative estimate of drug-likeness (QED) is 0.278. The fraction of sp³-hybridized carbons (Fsp3) is 0.800. The Morgan fingerprint density at radius 2 is 2.14 bits per heavy atom. The molecule has 0 saturated heterocycles. The zero-order chi connectivity index (χ0) is 5.70. The van der Waals surface area contributed by atoms with E-state index < -0.39 is 0 Å². The largest absolute Gasteiger partial charge is 0.451 e. The summed E-state index contributed by atoms with van der Waals surface area (Å²) in [5.74, 6) is 0. The van der Waals surface area contributed by atoms with Crippen LogP contribution in [0.4, 0.5) is 0 Å². The summed E-state index contributed by atoms with van der Waals surface area (Å²) in [4.78, 5) is 0. The lowest BCUT2D eigenvalue weighted by molar-refractivity contribution is -0.468. The van der Waals surface area contributed by atoms with E-state index in [-0.39, 0.29) is 0 Å². The van der Waals surface area contributed by atoms with E-state index in [9.17, 15) is 0 Å². The minimum Gasteiger partial charge on any atom is -0.451 e. The van der Waals surface area contributed by atoms with Gasteiger partial charge >= 0.3 is 6.40 Å². The third-order valence-electron chi connectivity index (χ3n) is 0.452. The minimum atomic E-state index is 0.748. The maximum Gasteiger partial charge on any atom is 0.323 e. The molecule has 0 N–H and O–H groups in total. The van der Waals surface area contributed by atoms with Crippen molar-refractivity contribution in [2.75, 3.05) is 20.7 Å². The molecule has 0 heterocycles. The summed E-state index contributed by atoms with van der Waals surface area (Å²) >= 11 is 0. The van der Waals surface area contributed by atoms with Gasteiger partial charge in [-0.1, -0.05) is 0 Å². The van der Waals surface area contributed by atoms with Gasteiger partial charge in [-0.25, -0.2) is 4.58 Å². The average molecular weight is 102 g/mol. The number of hydrogen-bond acceptors (Lipinski definition) is 1. The smallest absolute Gasteiger partial charge is 0.323 e. The zero-order valence-corrected chi connectivity index (χ0v) is 5.14. The SMILES string of the molecule is CCOC=[N+](C)C. The van der Waals surface area contributed by atoms with E-state index in [0.717, 1.165) is 6.61 Å². The van der Waals surface area contributed by atoms with Crippen molar-refractivity contribution in [2.24, 2.45) is 0 Å². The van der Waals surface area contributed by atoms with Crippen molar-refractivity contribution >= 4 is 6.40 Å². The molecule has 0 saturated carbocycles. The van der Waals surface area contributed by atoms with Crippen molar-refractivity contribution in [3.63, 3.8) is 0 Å². The Hall–Kier alpha value is -0.530. The summed E-state index contributed by atoms with van der Waals surface area (Å²) in [6.07, 6.45) is 1.68. The zero-order valence-electron chi connectivity index (χ0n) is 5.14. The highest BCUT2D eigenvalue weighted by Gasteiger charge is 1.76. The van der Waals surface area contributed by atoms with E-state index in [1.807, 2.05) is 25.6 Å².